The first-order valence-corrected chi connectivity index (χ1v) is 15.3. The zero-order chi connectivity index (χ0) is 31.0. The van der Waals surface area contributed by atoms with Crippen molar-refractivity contribution >= 4 is 17.9 Å². The van der Waals surface area contributed by atoms with Crippen LogP contribution in [0.25, 0.3) is 11.1 Å². The standard InChI is InChI=1S/C34H37F2N3O5/c1-20-32(24-9-12-27(35)28(36)18-24)44-34(42)39(20)19-29-25(11-14-31(37-29)38-15-4-16-38)26-17-23(10-13-30(26)43-2)21-5-3-6-22(8-7-21)33(40)41/h9-14,17-18,20-22,32H,3-8,15-16,19H2,1-2H3,(H,40,41)/t20-,21+,22+,32-/m0/s1. The number of benzene rings is 2. The van der Waals surface area contributed by atoms with Crippen LogP contribution in [0.15, 0.2) is 48.5 Å². The molecule has 0 radical (unpaired) electrons. The zero-order valence-electron chi connectivity index (χ0n) is 25.0. The van der Waals surface area contributed by atoms with E-state index in [4.69, 9.17) is 14.5 Å². The molecule has 0 unspecified atom stereocenters. The molecule has 8 nitrogen and oxygen atoms in total. The largest absolute Gasteiger partial charge is 0.496 e. The molecule has 10 heteroatoms. The number of carbonyl (C=O) groups is 2. The second kappa shape index (κ2) is 12.4. The molecule has 1 amide bonds. The van der Waals surface area contributed by atoms with Crippen molar-refractivity contribution in [2.24, 2.45) is 5.92 Å². The maximum atomic E-state index is 14.0. The molecule has 6 rings (SSSR count). The van der Waals surface area contributed by atoms with Gasteiger partial charge in [-0.1, -0.05) is 18.6 Å². The minimum Gasteiger partial charge on any atom is -0.496 e. The number of ether oxygens (including phenoxy) is 2. The van der Waals surface area contributed by atoms with Crippen LogP contribution in [0.4, 0.5) is 19.4 Å². The van der Waals surface area contributed by atoms with Gasteiger partial charge in [0.1, 0.15) is 17.7 Å². The molecule has 2 saturated heterocycles. The number of nitrogens with zero attached hydrogens (tertiary/aromatic N) is 3. The predicted octanol–water partition coefficient (Wildman–Crippen LogP) is 7.08. The van der Waals surface area contributed by atoms with E-state index < -0.39 is 35.8 Å². The number of carboxylic acid groups (broad SMARTS) is 1. The van der Waals surface area contributed by atoms with Crippen molar-refractivity contribution in [3.8, 4) is 16.9 Å². The van der Waals surface area contributed by atoms with Gasteiger partial charge in [0, 0.05) is 24.2 Å². The van der Waals surface area contributed by atoms with Crippen molar-refractivity contribution in [1.29, 1.82) is 0 Å². The van der Waals surface area contributed by atoms with Crippen molar-refractivity contribution in [3.63, 3.8) is 0 Å². The van der Waals surface area contributed by atoms with E-state index in [0.717, 1.165) is 73.4 Å². The van der Waals surface area contributed by atoms with Crippen LogP contribution in [-0.4, -0.2) is 53.3 Å². The fourth-order valence-corrected chi connectivity index (χ4v) is 6.66. The third-order valence-corrected chi connectivity index (χ3v) is 9.43. The van der Waals surface area contributed by atoms with Crippen molar-refractivity contribution in [2.75, 3.05) is 25.1 Å². The molecule has 1 saturated carbocycles. The highest BCUT2D eigenvalue weighted by atomic mass is 19.2. The molecule has 232 valence electrons. The first kappa shape index (κ1) is 29.8. The molecule has 3 aliphatic rings. The molecule has 2 aromatic carbocycles. The average Bonchev–Trinajstić information content (AvgIpc) is 3.14. The molecular formula is C34H37F2N3O5. The Morgan fingerprint density at radius 1 is 0.977 bits per heavy atom. The molecular weight excluding hydrogens is 568 g/mol. The van der Waals surface area contributed by atoms with Gasteiger partial charge in [0.2, 0.25) is 0 Å². The number of hydrogen-bond acceptors (Lipinski definition) is 6. The monoisotopic (exact) mass is 605 g/mol. The van der Waals surface area contributed by atoms with E-state index in [-0.39, 0.29) is 18.4 Å². The van der Waals surface area contributed by atoms with Crippen LogP contribution < -0.4 is 9.64 Å². The lowest BCUT2D eigenvalue weighted by atomic mass is 9.88. The molecule has 3 aromatic rings. The van der Waals surface area contributed by atoms with Crippen molar-refractivity contribution in [2.45, 2.75) is 70.1 Å². The topological polar surface area (TPSA) is 92.2 Å². The highest BCUT2D eigenvalue weighted by Gasteiger charge is 2.40. The van der Waals surface area contributed by atoms with E-state index in [1.807, 2.05) is 25.1 Å². The minimum atomic E-state index is -0.991. The lowest BCUT2D eigenvalue weighted by Gasteiger charge is -2.33. The summed E-state index contributed by atoms with van der Waals surface area (Å²) in [6.07, 6.45) is 3.67. The number of hydrogen-bond donors (Lipinski definition) is 1. The molecule has 1 aliphatic carbocycles. The number of pyridine rings is 1. The second-order valence-electron chi connectivity index (χ2n) is 12.1. The van der Waals surface area contributed by atoms with Crippen LogP contribution in [0.2, 0.25) is 0 Å². The summed E-state index contributed by atoms with van der Waals surface area (Å²) >= 11 is 0. The molecule has 3 heterocycles. The maximum Gasteiger partial charge on any atom is 0.411 e. The van der Waals surface area contributed by atoms with Gasteiger partial charge in [-0.25, -0.2) is 18.6 Å². The number of aliphatic carboxylic acids is 1. The van der Waals surface area contributed by atoms with Gasteiger partial charge < -0.3 is 19.5 Å². The number of amides is 1. The third-order valence-electron chi connectivity index (χ3n) is 9.43. The summed E-state index contributed by atoms with van der Waals surface area (Å²) in [5, 5.41) is 9.56. The minimum absolute atomic E-state index is 0.147. The molecule has 0 spiro atoms. The van der Waals surface area contributed by atoms with Gasteiger partial charge >= 0.3 is 12.1 Å². The van der Waals surface area contributed by atoms with Crippen LogP contribution in [-0.2, 0) is 16.1 Å². The van der Waals surface area contributed by atoms with Gasteiger partial charge in [0.25, 0.3) is 0 Å². The Labute approximate surface area is 255 Å². The Balaban J connectivity index is 1.34. The summed E-state index contributed by atoms with van der Waals surface area (Å²) in [6.45, 7) is 3.79. The van der Waals surface area contributed by atoms with Gasteiger partial charge in [0.15, 0.2) is 11.6 Å². The summed E-state index contributed by atoms with van der Waals surface area (Å²) in [5.41, 5.74) is 3.85. The van der Waals surface area contributed by atoms with Gasteiger partial charge in [-0.15, -0.1) is 0 Å². The van der Waals surface area contributed by atoms with Gasteiger partial charge in [0.05, 0.1) is 31.3 Å². The van der Waals surface area contributed by atoms with Gasteiger partial charge in [-0.05, 0) is 92.5 Å². The van der Waals surface area contributed by atoms with E-state index in [0.29, 0.717) is 29.8 Å². The lowest BCUT2D eigenvalue weighted by molar-refractivity contribution is -0.142. The summed E-state index contributed by atoms with van der Waals surface area (Å²) in [5.74, 6) is -1.25. The molecule has 1 N–H and O–H groups in total. The Bertz CT molecular complexity index is 1560. The highest BCUT2D eigenvalue weighted by molar-refractivity contribution is 5.76. The quantitative estimate of drug-likeness (QED) is 0.275. The number of anilines is 1. The van der Waals surface area contributed by atoms with Crippen LogP contribution >= 0.6 is 0 Å². The van der Waals surface area contributed by atoms with Gasteiger partial charge in [-0.3, -0.25) is 9.69 Å². The van der Waals surface area contributed by atoms with E-state index in [9.17, 15) is 23.5 Å². The van der Waals surface area contributed by atoms with Crippen molar-refractivity contribution < 1.29 is 33.0 Å². The number of methoxy groups -OCH3 is 1. The van der Waals surface area contributed by atoms with Crippen LogP contribution in [0.3, 0.4) is 0 Å². The molecule has 1 aromatic heterocycles. The molecule has 3 fully saturated rings. The zero-order valence-corrected chi connectivity index (χ0v) is 25.0. The smallest absolute Gasteiger partial charge is 0.411 e. The van der Waals surface area contributed by atoms with Crippen LogP contribution in [0, 0.1) is 17.6 Å². The summed E-state index contributed by atoms with van der Waals surface area (Å²) < 4.78 is 39.1. The van der Waals surface area contributed by atoms with E-state index in [1.54, 1.807) is 12.0 Å². The fourth-order valence-electron chi connectivity index (χ4n) is 6.66. The van der Waals surface area contributed by atoms with Gasteiger partial charge in [-0.2, -0.15) is 0 Å². The number of aromatic nitrogens is 1. The van der Waals surface area contributed by atoms with Crippen LogP contribution in [0.5, 0.6) is 5.75 Å². The molecule has 0 bridgehead atoms. The molecule has 4 atom stereocenters. The van der Waals surface area contributed by atoms with E-state index in [1.165, 1.54) is 6.07 Å². The summed E-state index contributed by atoms with van der Waals surface area (Å²) in [7, 11) is 1.62. The fraction of sp³-hybridized carbons (Fsp3) is 0.441. The Hall–Kier alpha value is -4.21. The normalized spacial score (nSPS) is 23.6. The molecule has 2 aliphatic heterocycles. The lowest BCUT2D eigenvalue weighted by Crippen LogP contribution is -2.38. The number of cyclic esters (lactones) is 1. The Morgan fingerprint density at radius 2 is 1.77 bits per heavy atom. The molecule has 44 heavy (non-hydrogen) atoms. The van der Waals surface area contributed by atoms with Crippen molar-refractivity contribution in [1.82, 2.24) is 9.88 Å². The average molecular weight is 606 g/mol. The Kier molecular flexibility index (Phi) is 8.42. The predicted molar refractivity (Wildman–Crippen MR) is 161 cm³/mol. The Morgan fingerprint density at radius 3 is 2.48 bits per heavy atom. The first-order valence-electron chi connectivity index (χ1n) is 15.3. The highest BCUT2D eigenvalue weighted by Crippen LogP contribution is 2.41. The number of carbonyl (C=O) groups excluding carboxylic acids is 1. The van der Waals surface area contributed by atoms with Crippen LogP contribution in [0.1, 0.15) is 74.3 Å². The maximum absolute atomic E-state index is 14.0. The first-order chi connectivity index (χ1) is 21.2. The second-order valence-corrected chi connectivity index (χ2v) is 12.1. The number of carboxylic acids is 1. The van der Waals surface area contributed by atoms with Crippen molar-refractivity contribution in [3.05, 3.63) is 77.0 Å². The number of halogens is 2. The summed E-state index contributed by atoms with van der Waals surface area (Å²) in [4.78, 5) is 33.6. The summed E-state index contributed by atoms with van der Waals surface area (Å²) in [6, 6.07) is 13.2. The number of rotatable bonds is 8. The SMILES string of the molecule is COc1ccc([C@@H]2CCC[C@@H](C(=O)O)CC2)cc1-c1ccc(N2CCC2)nc1CN1C(=O)O[C@H](c2ccc(F)c(F)c2)[C@@H]1C. The van der Waals surface area contributed by atoms with E-state index in [2.05, 4.69) is 17.0 Å². The van der Waals surface area contributed by atoms with E-state index >= 15 is 0 Å². The third kappa shape index (κ3) is 5.81.